The number of aryl methyl sites for hydroxylation is 1. The summed E-state index contributed by atoms with van der Waals surface area (Å²) in [6, 6.07) is 23.2. The third-order valence-corrected chi connectivity index (χ3v) is 5.71. The summed E-state index contributed by atoms with van der Waals surface area (Å²) < 4.78 is 0. The monoisotopic (exact) mass is 433 g/mol. The van der Waals surface area contributed by atoms with Gasteiger partial charge in [0.25, 0.3) is 0 Å². The number of benzene rings is 3. The number of halogens is 1. The fourth-order valence-corrected chi connectivity index (χ4v) is 3.98. The molecule has 6 heteroatoms. The Morgan fingerprint density at radius 3 is 2.47 bits per heavy atom. The Morgan fingerprint density at radius 1 is 1.00 bits per heavy atom. The largest absolute Gasteiger partial charge is 0.334 e. The van der Waals surface area contributed by atoms with Crippen molar-refractivity contribution in [1.82, 2.24) is 10.3 Å². The molecule has 0 radical (unpaired) electrons. The second-order valence-corrected chi connectivity index (χ2v) is 8.21. The minimum atomic E-state index is -0.274. The van der Waals surface area contributed by atoms with Crippen LogP contribution in [0.25, 0.3) is 21.8 Å². The van der Waals surface area contributed by atoms with Crippen LogP contribution in [-0.2, 0) is 6.54 Å². The van der Waals surface area contributed by atoms with Gasteiger partial charge >= 0.3 is 6.03 Å². The Bertz CT molecular complexity index is 1150. The number of rotatable bonds is 5. The summed E-state index contributed by atoms with van der Waals surface area (Å²) in [7, 11) is 0. The minimum Gasteiger partial charge on any atom is -0.334 e. The van der Waals surface area contributed by atoms with Crippen molar-refractivity contribution in [3.8, 4) is 21.8 Å². The fraction of sp³-hybridized carbons (Fsp3) is 0.0833. The molecule has 1 heterocycles. The molecule has 150 valence electrons. The summed E-state index contributed by atoms with van der Waals surface area (Å²) in [5.41, 5.74) is 6.07. The first-order valence-electron chi connectivity index (χ1n) is 9.49. The maximum absolute atomic E-state index is 12.1. The van der Waals surface area contributed by atoms with Crippen molar-refractivity contribution < 1.29 is 4.79 Å². The summed E-state index contributed by atoms with van der Waals surface area (Å²) in [5.74, 6) is 0. The number of carbonyl (C=O) groups excluding carboxylic acids is 1. The lowest BCUT2D eigenvalue weighted by molar-refractivity contribution is 0.251. The molecule has 0 unspecified atom stereocenters. The molecule has 4 aromatic rings. The molecule has 0 fully saturated rings. The van der Waals surface area contributed by atoms with Crippen molar-refractivity contribution >= 4 is 34.7 Å². The van der Waals surface area contributed by atoms with Crippen LogP contribution in [0.3, 0.4) is 0 Å². The molecule has 2 N–H and O–H groups in total. The molecule has 0 aliphatic heterocycles. The number of anilines is 1. The number of nitrogens with zero attached hydrogens (tertiary/aromatic N) is 1. The smallest absolute Gasteiger partial charge is 0.319 e. The van der Waals surface area contributed by atoms with Crippen LogP contribution in [0.2, 0.25) is 5.02 Å². The van der Waals surface area contributed by atoms with Crippen LogP contribution < -0.4 is 10.6 Å². The second kappa shape index (κ2) is 9.11. The van der Waals surface area contributed by atoms with Gasteiger partial charge in [0.1, 0.15) is 5.01 Å². The van der Waals surface area contributed by atoms with E-state index in [1.807, 2.05) is 24.3 Å². The highest BCUT2D eigenvalue weighted by atomic mass is 35.5. The maximum Gasteiger partial charge on any atom is 0.319 e. The van der Waals surface area contributed by atoms with Crippen molar-refractivity contribution in [3.05, 3.63) is 94.3 Å². The van der Waals surface area contributed by atoms with Crippen LogP contribution in [0, 0.1) is 6.92 Å². The Morgan fingerprint density at radius 2 is 1.73 bits per heavy atom. The highest BCUT2D eigenvalue weighted by molar-refractivity contribution is 7.13. The quantitative estimate of drug-likeness (QED) is 0.365. The lowest BCUT2D eigenvalue weighted by atomic mass is 10.1. The van der Waals surface area contributed by atoms with Crippen LogP contribution in [0.4, 0.5) is 10.5 Å². The summed E-state index contributed by atoms with van der Waals surface area (Å²) in [6.45, 7) is 2.51. The van der Waals surface area contributed by atoms with E-state index in [1.54, 1.807) is 35.6 Å². The topological polar surface area (TPSA) is 54.0 Å². The first-order chi connectivity index (χ1) is 14.6. The normalized spacial score (nSPS) is 10.6. The molecule has 0 saturated heterocycles. The highest BCUT2D eigenvalue weighted by Gasteiger charge is 2.07. The SMILES string of the molecule is Cc1ccc(-c2csc(-c3ccc(CNC(=O)Nc4cccc(Cl)c4)cc3)n2)cc1. The predicted octanol–water partition coefficient (Wildman–Crippen LogP) is 6.76. The van der Waals surface area contributed by atoms with Crippen molar-refractivity contribution in [2.45, 2.75) is 13.5 Å². The molecule has 3 aromatic carbocycles. The van der Waals surface area contributed by atoms with E-state index in [0.29, 0.717) is 17.3 Å². The van der Waals surface area contributed by atoms with Gasteiger partial charge in [0.2, 0.25) is 0 Å². The first-order valence-corrected chi connectivity index (χ1v) is 10.7. The zero-order valence-corrected chi connectivity index (χ0v) is 17.9. The standard InChI is InChI=1S/C24H20ClN3OS/c1-16-5-9-18(10-6-16)22-15-30-23(28-22)19-11-7-17(8-12-19)14-26-24(29)27-21-4-2-3-20(25)13-21/h2-13,15H,14H2,1H3,(H2,26,27,29). The van der Waals surface area contributed by atoms with E-state index in [9.17, 15) is 4.79 Å². The molecule has 0 spiro atoms. The van der Waals surface area contributed by atoms with Gasteiger partial charge < -0.3 is 10.6 Å². The third kappa shape index (κ3) is 5.06. The van der Waals surface area contributed by atoms with Crippen molar-refractivity contribution in [1.29, 1.82) is 0 Å². The van der Waals surface area contributed by atoms with Crippen LogP contribution in [0.1, 0.15) is 11.1 Å². The average molecular weight is 434 g/mol. The fourth-order valence-electron chi connectivity index (χ4n) is 2.95. The van der Waals surface area contributed by atoms with Gasteiger partial charge in [0, 0.05) is 33.8 Å². The number of hydrogen-bond donors (Lipinski definition) is 2. The molecule has 4 rings (SSSR count). The van der Waals surface area contributed by atoms with Gasteiger partial charge in [-0.05, 0) is 30.7 Å². The number of amides is 2. The number of aromatic nitrogens is 1. The zero-order valence-electron chi connectivity index (χ0n) is 16.4. The zero-order chi connectivity index (χ0) is 20.9. The number of urea groups is 1. The molecule has 1 aromatic heterocycles. The number of thiazole rings is 1. The van der Waals surface area contributed by atoms with E-state index in [4.69, 9.17) is 16.6 Å². The Balaban J connectivity index is 1.36. The lowest BCUT2D eigenvalue weighted by Gasteiger charge is -2.08. The van der Waals surface area contributed by atoms with Gasteiger partial charge in [-0.15, -0.1) is 11.3 Å². The van der Waals surface area contributed by atoms with Gasteiger partial charge in [-0.2, -0.15) is 0 Å². The molecular formula is C24H20ClN3OS. The molecule has 2 amide bonds. The summed E-state index contributed by atoms with van der Waals surface area (Å²) in [5, 5.41) is 9.25. The second-order valence-electron chi connectivity index (χ2n) is 6.92. The minimum absolute atomic E-state index is 0.274. The van der Waals surface area contributed by atoms with E-state index in [-0.39, 0.29) is 6.03 Å². The van der Waals surface area contributed by atoms with Crippen molar-refractivity contribution in [2.75, 3.05) is 5.32 Å². The molecule has 0 aliphatic carbocycles. The van der Waals surface area contributed by atoms with Crippen LogP contribution in [0.15, 0.2) is 78.2 Å². The molecular weight excluding hydrogens is 414 g/mol. The van der Waals surface area contributed by atoms with Gasteiger partial charge in [-0.25, -0.2) is 9.78 Å². The number of carbonyl (C=O) groups is 1. The maximum atomic E-state index is 12.1. The Kier molecular flexibility index (Phi) is 6.12. The van der Waals surface area contributed by atoms with Crippen molar-refractivity contribution in [2.24, 2.45) is 0 Å². The predicted molar refractivity (Wildman–Crippen MR) is 125 cm³/mol. The van der Waals surface area contributed by atoms with E-state index in [2.05, 4.69) is 47.2 Å². The Labute approximate surface area is 184 Å². The molecule has 0 bridgehead atoms. The summed E-state index contributed by atoms with van der Waals surface area (Å²) in [4.78, 5) is 16.8. The molecule has 0 saturated carbocycles. The lowest BCUT2D eigenvalue weighted by Crippen LogP contribution is -2.28. The summed E-state index contributed by atoms with van der Waals surface area (Å²) >= 11 is 7.56. The van der Waals surface area contributed by atoms with Gasteiger partial charge in [-0.3, -0.25) is 0 Å². The van der Waals surface area contributed by atoms with E-state index in [0.717, 1.165) is 27.4 Å². The van der Waals surface area contributed by atoms with Crippen LogP contribution in [0.5, 0.6) is 0 Å². The molecule has 0 atom stereocenters. The molecule has 0 aliphatic rings. The van der Waals surface area contributed by atoms with Gasteiger partial charge in [0.15, 0.2) is 0 Å². The van der Waals surface area contributed by atoms with Crippen LogP contribution >= 0.6 is 22.9 Å². The van der Waals surface area contributed by atoms with Gasteiger partial charge in [0.05, 0.1) is 5.69 Å². The van der Waals surface area contributed by atoms with E-state index < -0.39 is 0 Å². The average Bonchev–Trinajstić information content (AvgIpc) is 3.23. The Hall–Kier alpha value is -3.15. The van der Waals surface area contributed by atoms with Crippen molar-refractivity contribution in [3.63, 3.8) is 0 Å². The third-order valence-electron chi connectivity index (χ3n) is 4.59. The van der Waals surface area contributed by atoms with Gasteiger partial charge in [-0.1, -0.05) is 71.8 Å². The van der Waals surface area contributed by atoms with Crippen LogP contribution in [-0.4, -0.2) is 11.0 Å². The summed E-state index contributed by atoms with van der Waals surface area (Å²) in [6.07, 6.45) is 0. The number of hydrogen-bond acceptors (Lipinski definition) is 3. The highest BCUT2D eigenvalue weighted by Crippen LogP contribution is 2.29. The first kappa shape index (κ1) is 20.1. The van der Waals surface area contributed by atoms with E-state index >= 15 is 0 Å². The molecule has 4 nitrogen and oxygen atoms in total. The van der Waals surface area contributed by atoms with E-state index in [1.165, 1.54) is 5.56 Å². The number of nitrogens with one attached hydrogen (secondary N) is 2. The molecule has 30 heavy (non-hydrogen) atoms.